The summed E-state index contributed by atoms with van der Waals surface area (Å²) in [6.07, 6.45) is 2.59. The molecule has 0 spiro atoms. The lowest BCUT2D eigenvalue weighted by molar-refractivity contribution is 0.444. The molecule has 0 bridgehead atoms. The zero-order valence-electron chi connectivity index (χ0n) is 12.6. The summed E-state index contributed by atoms with van der Waals surface area (Å²) < 4.78 is 0. The third-order valence-electron chi connectivity index (χ3n) is 4.44. The molecule has 1 aromatic carbocycles. The minimum atomic E-state index is 0.319. The molecule has 3 rings (SSSR count). The van der Waals surface area contributed by atoms with Gasteiger partial charge in [0.2, 0.25) is 0 Å². The summed E-state index contributed by atoms with van der Waals surface area (Å²) in [5.41, 5.74) is 3.26. The standard InChI is InChI=1S/C18H23NS/c1-4-19-17(16-13(2)12-14(3)20-16)18(10-11-18)15-8-6-5-7-9-15/h5-9,12,17,19H,4,10-11H2,1-3H3. The van der Waals surface area contributed by atoms with Crippen molar-refractivity contribution in [3.8, 4) is 0 Å². The van der Waals surface area contributed by atoms with Gasteiger partial charge in [-0.2, -0.15) is 0 Å². The van der Waals surface area contributed by atoms with E-state index < -0.39 is 0 Å². The van der Waals surface area contributed by atoms with Crippen LogP contribution in [0.5, 0.6) is 0 Å². The predicted molar refractivity (Wildman–Crippen MR) is 87.6 cm³/mol. The van der Waals surface area contributed by atoms with Crippen LogP contribution in [0.2, 0.25) is 0 Å². The molecule has 1 saturated carbocycles. The number of hydrogen-bond acceptors (Lipinski definition) is 2. The van der Waals surface area contributed by atoms with Crippen LogP contribution in [-0.2, 0) is 5.41 Å². The van der Waals surface area contributed by atoms with Crippen LogP contribution >= 0.6 is 11.3 Å². The first-order chi connectivity index (χ1) is 9.67. The minimum Gasteiger partial charge on any atom is -0.309 e. The molecular weight excluding hydrogens is 262 g/mol. The van der Waals surface area contributed by atoms with E-state index in [1.165, 1.54) is 33.7 Å². The van der Waals surface area contributed by atoms with Crippen LogP contribution in [0.25, 0.3) is 0 Å². The van der Waals surface area contributed by atoms with Crippen molar-refractivity contribution in [2.75, 3.05) is 6.54 Å². The number of rotatable bonds is 5. The Labute approximate surface area is 126 Å². The SMILES string of the molecule is CCNC(c1sc(C)cc1C)C1(c2ccccc2)CC1. The predicted octanol–water partition coefficient (Wildman–Crippen LogP) is 4.75. The highest BCUT2D eigenvalue weighted by Crippen LogP contribution is 2.57. The molecule has 1 aliphatic rings. The normalized spacial score (nSPS) is 17.9. The highest BCUT2D eigenvalue weighted by Gasteiger charge is 2.51. The molecule has 1 aliphatic carbocycles. The van der Waals surface area contributed by atoms with Gasteiger partial charge in [-0.05, 0) is 50.4 Å². The lowest BCUT2D eigenvalue weighted by atomic mass is 9.86. The quantitative estimate of drug-likeness (QED) is 0.836. The second kappa shape index (κ2) is 5.34. The first kappa shape index (κ1) is 13.8. The smallest absolute Gasteiger partial charge is 0.0515 e. The highest BCUT2D eigenvalue weighted by atomic mass is 32.1. The van der Waals surface area contributed by atoms with Gasteiger partial charge in [0.15, 0.2) is 0 Å². The number of hydrogen-bond donors (Lipinski definition) is 1. The van der Waals surface area contributed by atoms with Crippen molar-refractivity contribution in [2.45, 2.75) is 45.1 Å². The molecule has 0 amide bonds. The maximum absolute atomic E-state index is 3.76. The molecular formula is C18H23NS. The molecule has 1 atom stereocenters. The first-order valence-corrected chi connectivity index (χ1v) is 8.35. The van der Waals surface area contributed by atoms with E-state index in [1.807, 2.05) is 11.3 Å². The van der Waals surface area contributed by atoms with Crippen molar-refractivity contribution in [3.63, 3.8) is 0 Å². The molecule has 0 saturated heterocycles. The Balaban J connectivity index is 2.01. The second-order valence-corrected chi connectivity index (χ2v) is 7.21. The third kappa shape index (κ3) is 2.32. The van der Waals surface area contributed by atoms with Crippen molar-refractivity contribution in [3.05, 3.63) is 57.3 Å². The summed E-state index contributed by atoms with van der Waals surface area (Å²) in [5, 5.41) is 3.76. The molecule has 1 nitrogen and oxygen atoms in total. The van der Waals surface area contributed by atoms with Gasteiger partial charge in [-0.1, -0.05) is 37.3 Å². The van der Waals surface area contributed by atoms with Crippen molar-refractivity contribution < 1.29 is 0 Å². The fourth-order valence-corrected chi connectivity index (χ4v) is 4.57. The van der Waals surface area contributed by atoms with E-state index in [1.54, 1.807) is 0 Å². The molecule has 1 heterocycles. The van der Waals surface area contributed by atoms with Gasteiger partial charge in [-0.3, -0.25) is 0 Å². The van der Waals surface area contributed by atoms with Crippen LogP contribution in [-0.4, -0.2) is 6.54 Å². The van der Waals surface area contributed by atoms with E-state index >= 15 is 0 Å². The Morgan fingerprint density at radius 3 is 2.40 bits per heavy atom. The lowest BCUT2D eigenvalue weighted by Crippen LogP contribution is -2.32. The number of likely N-dealkylation sites (N-methyl/N-ethyl adjacent to an activating group) is 1. The molecule has 2 heteroatoms. The molecule has 1 N–H and O–H groups in total. The Morgan fingerprint density at radius 1 is 1.20 bits per heavy atom. The topological polar surface area (TPSA) is 12.0 Å². The van der Waals surface area contributed by atoms with E-state index in [9.17, 15) is 0 Å². The summed E-state index contributed by atoms with van der Waals surface area (Å²) >= 11 is 1.96. The average molecular weight is 285 g/mol. The van der Waals surface area contributed by atoms with E-state index in [2.05, 4.69) is 62.5 Å². The second-order valence-electron chi connectivity index (χ2n) is 5.92. The van der Waals surface area contributed by atoms with Crippen molar-refractivity contribution in [2.24, 2.45) is 0 Å². The maximum Gasteiger partial charge on any atom is 0.0515 e. The third-order valence-corrected chi connectivity index (χ3v) is 5.66. The number of nitrogens with one attached hydrogen (secondary N) is 1. The van der Waals surface area contributed by atoms with Crippen molar-refractivity contribution in [1.29, 1.82) is 0 Å². The average Bonchev–Trinajstić information content (AvgIpc) is 3.18. The van der Waals surface area contributed by atoms with Crippen LogP contribution < -0.4 is 5.32 Å². The summed E-state index contributed by atoms with van der Waals surface area (Å²) in [7, 11) is 0. The van der Waals surface area contributed by atoms with Gasteiger partial charge < -0.3 is 5.32 Å². The van der Waals surface area contributed by atoms with E-state index in [0.29, 0.717) is 11.5 Å². The summed E-state index contributed by atoms with van der Waals surface area (Å²) in [6.45, 7) is 7.70. The van der Waals surface area contributed by atoms with E-state index in [-0.39, 0.29) is 0 Å². The van der Waals surface area contributed by atoms with Gasteiger partial charge >= 0.3 is 0 Å². The van der Waals surface area contributed by atoms with Crippen LogP contribution in [0.15, 0.2) is 36.4 Å². The Morgan fingerprint density at radius 2 is 1.90 bits per heavy atom. The van der Waals surface area contributed by atoms with Gasteiger partial charge in [-0.15, -0.1) is 11.3 Å². The van der Waals surface area contributed by atoms with Crippen LogP contribution in [0.3, 0.4) is 0 Å². The van der Waals surface area contributed by atoms with E-state index in [0.717, 1.165) is 6.54 Å². The number of thiophene rings is 1. The fraction of sp³-hybridized carbons (Fsp3) is 0.444. The van der Waals surface area contributed by atoms with Crippen molar-refractivity contribution in [1.82, 2.24) is 5.32 Å². The van der Waals surface area contributed by atoms with Crippen molar-refractivity contribution >= 4 is 11.3 Å². The maximum atomic E-state index is 3.76. The Hall–Kier alpha value is -1.12. The molecule has 1 unspecified atom stereocenters. The van der Waals surface area contributed by atoms with Gasteiger partial charge in [0.05, 0.1) is 6.04 Å². The van der Waals surface area contributed by atoms with Gasteiger partial charge in [0.1, 0.15) is 0 Å². The molecule has 2 aromatic rings. The Bertz CT molecular complexity index is 581. The molecule has 0 radical (unpaired) electrons. The molecule has 106 valence electrons. The largest absolute Gasteiger partial charge is 0.309 e. The van der Waals surface area contributed by atoms with Gasteiger partial charge in [0.25, 0.3) is 0 Å². The number of benzene rings is 1. The molecule has 20 heavy (non-hydrogen) atoms. The molecule has 1 fully saturated rings. The summed E-state index contributed by atoms with van der Waals surface area (Å²) in [5.74, 6) is 0. The monoisotopic (exact) mass is 285 g/mol. The van der Waals surface area contributed by atoms with Crippen LogP contribution in [0.4, 0.5) is 0 Å². The zero-order valence-corrected chi connectivity index (χ0v) is 13.4. The molecule has 1 aromatic heterocycles. The van der Waals surface area contributed by atoms with Gasteiger partial charge in [-0.25, -0.2) is 0 Å². The number of aryl methyl sites for hydroxylation is 2. The lowest BCUT2D eigenvalue weighted by Gasteiger charge is -2.28. The first-order valence-electron chi connectivity index (χ1n) is 7.53. The van der Waals surface area contributed by atoms with Crippen LogP contribution in [0.1, 0.15) is 46.7 Å². The summed E-state index contributed by atoms with van der Waals surface area (Å²) in [4.78, 5) is 2.95. The molecule has 0 aliphatic heterocycles. The van der Waals surface area contributed by atoms with Gasteiger partial charge in [0, 0.05) is 15.2 Å². The fourth-order valence-electron chi connectivity index (χ4n) is 3.34. The Kier molecular flexibility index (Phi) is 3.70. The zero-order chi connectivity index (χ0) is 14.2. The minimum absolute atomic E-state index is 0.319. The van der Waals surface area contributed by atoms with E-state index in [4.69, 9.17) is 0 Å². The summed E-state index contributed by atoms with van der Waals surface area (Å²) in [6, 6.07) is 13.8. The van der Waals surface area contributed by atoms with Crippen LogP contribution in [0, 0.1) is 13.8 Å². The highest BCUT2D eigenvalue weighted by molar-refractivity contribution is 7.12.